The Morgan fingerprint density at radius 3 is 2.65 bits per heavy atom. The summed E-state index contributed by atoms with van der Waals surface area (Å²) in [4.78, 5) is 4.73. The summed E-state index contributed by atoms with van der Waals surface area (Å²) >= 11 is 7.68. The maximum Gasteiger partial charge on any atom is 0.161 e. The van der Waals surface area contributed by atoms with Crippen molar-refractivity contribution in [3.8, 4) is 22.1 Å². The smallest absolute Gasteiger partial charge is 0.161 e. The fourth-order valence-electron chi connectivity index (χ4n) is 2.64. The zero-order chi connectivity index (χ0) is 18.5. The fraction of sp³-hybridized carbons (Fsp3) is 0.250. The highest BCUT2D eigenvalue weighted by Gasteiger charge is 2.11. The predicted octanol–water partition coefficient (Wildman–Crippen LogP) is 5.33. The van der Waals surface area contributed by atoms with Gasteiger partial charge in [0.05, 0.1) is 19.9 Å². The molecule has 26 heavy (non-hydrogen) atoms. The van der Waals surface area contributed by atoms with Crippen LogP contribution in [0.4, 0.5) is 0 Å². The number of hydrogen-bond donors (Lipinski definition) is 1. The normalized spacial score (nSPS) is 12.0. The van der Waals surface area contributed by atoms with Gasteiger partial charge in [0.15, 0.2) is 11.5 Å². The molecular formula is C20H21ClN2O2S. The van der Waals surface area contributed by atoms with Crippen LogP contribution in [0.5, 0.6) is 11.5 Å². The highest BCUT2D eigenvalue weighted by atomic mass is 35.5. The van der Waals surface area contributed by atoms with Crippen molar-refractivity contribution in [3.63, 3.8) is 0 Å². The Labute approximate surface area is 162 Å². The Morgan fingerprint density at radius 1 is 1.12 bits per heavy atom. The molecule has 0 aliphatic carbocycles. The van der Waals surface area contributed by atoms with Gasteiger partial charge in [-0.05, 0) is 42.8 Å². The quantitative estimate of drug-likeness (QED) is 0.594. The van der Waals surface area contributed by atoms with E-state index in [1.807, 2.05) is 36.4 Å². The molecule has 1 N–H and O–H groups in total. The van der Waals surface area contributed by atoms with E-state index in [4.69, 9.17) is 26.1 Å². The predicted molar refractivity (Wildman–Crippen MR) is 107 cm³/mol. The number of thiazole rings is 1. The van der Waals surface area contributed by atoms with Crippen LogP contribution < -0.4 is 14.8 Å². The van der Waals surface area contributed by atoms with E-state index in [1.165, 1.54) is 0 Å². The monoisotopic (exact) mass is 388 g/mol. The Bertz CT molecular complexity index is 882. The van der Waals surface area contributed by atoms with Gasteiger partial charge in [-0.15, -0.1) is 11.3 Å². The molecule has 3 rings (SSSR count). The van der Waals surface area contributed by atoms with Crippen LogP contribution in [0.2, 0.25) is 5.02 Å². The van der Waals surface area contributed by atoms with E-state index in [0.29, 0.717) is 18.0 Å². The van der Waals surface area contributed by atoms with Crippen molar-refractivity contribution in [2.24, 2.45) is 0 Å². The molecule has 4 nitrogen and oxygen atoms in total. The SMILES string of the molecule is COc1ccc(-c2nc(CN[C@@H](C)c3cccc(Cl)c3)cs2)cc1OC. The van der Waals surface area contributed by atoms with Crippen molar-refractivity contribution in [2.75, 3.05) is 14.2 Å². The molecule has 0 fully saturated rings. The summed E-state index contributed by atoms with van der Waals surface area (Å²) in [7, 11) is 3.27. The average Bonchev–Trinajstić information content (AvgIpc) is 3.14. The maximum absolute atomic E-state index is 6.07. The molecule has 0 saturated heterocycles. The van der Waals surface area contributed by atoms with Crippen LogP contribution in [-0.2, 0) is 6.54 Å². The molecule has 1 heterocycles. The van der Waals surface area contributed by atoms with Gasteiger partial charge in [0, 0.05) is 28.6 Å². The Kier molecular flexibility index (Phi) is 6.14. The summed E-state index contributed by atoms with van der Waals surface area (Å²) in [5.41, 5.74) is 3.18. The van der Waals surface area contributed by atoms with Crippen molar-refractivity contribution in [1.29, 1.82) is 0 Å². The lowest BCUT2D eigenvalue weighted by Crippen LogP contribution is -2.18. The minimum absolute atomic E-state index is 0.194. The number of nitrogens with one attached hydrogen (secondary N) is 1. The number of hydrogen-bond acceptors (Lipinski definition) is 5. The van der Waals surface area contributed by atoms with Gasteiger partial charge < -0.3 is 14.8 Å². The molecule has 0 aliphatic rings. The summed E-state index contributed by atoms with van der Waals surface area (Å²) in [6.07, 6.45) is 0. The summed E-state index contributed by atoms with van der Waals surface area (Å²) in [6, 6.07) is 13.9. The van der Waals surface area contributed by atoms with Gasteiger partial charge in [0.1, 0.15) is 5.01 Å². The first-order valence-electron chi connectivity index (χ1n) is 8.26. The maximum atomic E-state index is 6.07. The second-order valence-electron chi connectivity index (χ2n) is 5.87. The summed E-state index contributed by atoms with van der Waals surface area (Å²) < 4.78 is 10.7. The number of aromatic nitrogens is 1. The zero-order valence-corrected chi connectivity index (χ0v) is 16.5. The molecule has 1 atom stereocenters. The fourth-order valence-corrected chi connectivity index (χ4v) is 3.66. The molecule has 0 bridgehead atoms. The van der Waals surface area contributed by atoms with E-state index in [-0.39, 0.29) is 6.04 Å². The van der Waals surface area contributed by atoms with Crippen molar-refractivity contribution in [3.05, 3.63) is 64.1 Å². The van der Waals surface area contributed by atoms with Crippen LogP contribution in [0.15, 0.2) is 47.8 Å². The average molecular weight is 389 g/mol. The lowest BCUT2D eigenvalue weighted by Gasteiger charge is -2.13. The molecular weight excluding hydrogens is 368 g/mol. The van der Waals surface area contributed by atoms with E-state index >= 15 is 0 Å². The number of rotatable bonds is 7. The highest BCUT2D eigenvalue weighted by Crippen LogP contribution is 2.33. The first-order chi connectivity index (χ1) is 12.6. The molecule has 6 heteroatoms. The van der Waals surface area contributed by atoms with Crippen molar-refractivity contribution in [2.45, 2.75) is 19.5 Å². The largest absolute Gasteiger partial charge is 0.493 e. The van der Waals surface area contributed by atoms with E-state index in [9.17, 15) is 0 Å². The summed E-state index contributed by atoms with van der Waals surface area (Å²) in [5.74, 6) is 1.42. The molecule has 0 unspecified atom stereocenters. The minimum Gasteiger partial charge on any atom is -0.493 e. The Morgan fingerprint density at radius 2 is 1.92 bits per heavy atom. The molecule has 2 aromatic carbocycles. The number of ether oxygens (including phenoxy) is 2. The van der Waals surface area contributed by atoms with Gasteiger partial charge in [-0.1, -0.05) is 23.7 Å². The number of nitrogens with zero attached hydrogens (tertiary/aromatic N) is 1. The van der Waals surface area contributed by atoms with Crippen molar-refractivity contribution < 1.29 is 9.47 Å². The van der Waals surface area contributed by atoms with Gasteiger partial charge in [-0.2, -0.15) is 0 Å². The molecule has 1 aromatic heterocycles. The minimum atomic E-state index is 0.194. The van der Waals surface area contributed by atoms with Crippen molar-refractivity contribution in [1.82, 2.24) is 10.3 Å². The van der Waals surface area contributed by atoms with Crippen LogP contribution in [-0.4, -0.2) is 19.2 Å². The number of methoxy groups -OCH3 is 2. The van der Waals surface area contributed by atoms with Crippen LogP contribution in [0.1, 0.15) is 24.2 Å². The zero-order valence-electron chi connectivity index (χ0n) is 15.0. The highest BCUT2D eigenvalue weighted by molar-refractivity contribution is 7.13. The Balaban J connectivity index is 1.68. The molecule has 0 spiro atoms. The van der Waals surface area contributed by atoms with Crippen LogP contribution in [0.25, 0.3) is 10.6 Å². The molecule has 0 aliphatic heterocycles. The van der Waals surface area contributed by atoms with Crippen LogP contribution in [0.3, 0.4) is 0 Å². The topological polar surface area (TPSA) is 43.4 Å². The standard InChI is InChI=1S/C20H21ClN2O2S/c1-13(14-5-4-6-16(21)9-14)22-11-17-12-26-20(23-17)15-7-8-18(24-2)19(10-15)25-3/h4-10,12-13,22H,11H2,1-3H3/t13-/m0/s1. The van der Waals surface area contributed by atoms with E-state index in [2.05, 4.69) is 23.7 Å². The first kappa shape index (κ1) is 18.7. The van der Waals surface area contributed by atoms with E-state index < -0.39 is 0 Å². The van der Waals surface area contributed by atoms with Crippen LogP contribution >= 0.6 is 22.9 Å². The number of halogens is 1. The molecule has 0 radical (unpaired) electrons. The molecule has 3 aromatic rings. The van der Waals surface area contributed by atoms with E-state index in [1.54, 1.807) is 25.6 Å². The second-order valence-corrected chi connectivity index (χ2v) is 7.17. The van der Waals surface area contributed by atoms with Crippen LogP contribution in [0, 0.1) is 0 Å². The lowest BCUT2D eigenvalue weighted by molar-refractivity contribution is 0.355. The molecule has 0 amide bonds. The summed E-state index contributed by atoms with van der Waals surface area (Å²) in [5, 5.41) is 7.27. The van der Waals surface area contributed by atoms with Gasteiger partial charge in [0.25, 0.3) is 0 Å². The Hall–Kier alpha value is -2.08. The molecule has 0 saturated carbocycles. The van der Waals surface area contributed by atoms with Gasteiger partial charge in [0.2, 0.25) is 0 Å². The second kappa shape index (κ2) is 8.54. The van der Waals surface area contributed by atoms with Gasteiger partial charge in [-0.25, -0.2) is 4.98 Å². The third-order valence-electron chi connectivity index (χ3n) is 4.12. The summed E-state index contributed by atoms with van der Waals surface area (Å²) in [6.45, 7) is 2.81. The lowest BCUT2D eigenvalue weighted by atomic mass is 10.1. The van der Waals surface area contributed by atoms with Crippen molar-refractivity contribution >= 4 is 22.9 Å². The third-order valence-corrected chi connectivity index (χ3v) is 5.30. The van der Waals surface area contributed by atoms with Gasteiger partial charge >= 0.3 is 0 Å². The molecule has 136 valence electrons. The third kappa shape index (κ3) is 4.36. The number of benzene rings is 2. The van der Waals surface area contributed by atoms with Gasteiger partial charge in [-0.3, -0.25) is 0 Å². The van der Waals surface area contributed by atoms with E-state index in [0.717, 1.165) is 26.9 Å². The first-order valence-corrected chi connectivity index (χ1v) is 9.52.